The highest BCUT2D eigenvalue weighted by atomic mass is 16.4. The lowest BCUT2D eigenvalue weighted by Gasteiger charge is -2.41. The molecule has 4 nitrogen and oxygen atoms in total. The number of carboxylic acid groups (broad SMARTS) is 1. The number of carbonyl (C=O) groups is 1. The predicted octanol–water partition coefficient (Wildman–Crippen LogP) is 2.34. The molecule has 1 fully saturated rings. The molecule has 0 aromatic carbocycles. The fourth-order valence-corrected chi connectivity index (χ4v) is 2.89. The second kappa shape index (κ2) is 8.54. The van der Waals surface area contributed by atoms with Crippen molar-refractivity contribution < 1.29 is 9.90 Å². The number of carboxylic acids is 1. The van der Waals surface area contributed by atoms with Crippen LogP contribution < -0.4 is 5.32 Å². The standard InChI is InChI=1S/C15H30N2O2/c1-4-8-16-14-9-13(6-7-15(18)19)10-17(11-14)12(3)5-2/h12-14,16H,4-11H2,1-3H3,(H,18,19). The zero-order valence-corrected chi connectivity index (χ0v) is 12.7. The lowest BCUT2D eigenvalue weighted by atomic mass is 9.89. The molecule has 0 aliphatic carbocycles. The van der Waals surface area contributed by atoms with Crippen LogP contribution in [-0.2, 0) is 4.79 Å². The Morgan fingerprint density at radius 2 is 2.16 bits per heavy atom. The van der Waals surface area contributed by atoms with Crippen molar-refractivity contribution in [1.82, 2.24) is 10.2 Å². The molecule has 3 unspecified atom stereocenters. The summed E-state index contributed by atoms with van der Waals surface area (Å²) < 4.78 is 0. The molecular weight excluding hydrogens is 240 g/mol. The minimum atomic E-state index is -0.668. The monoisotopic (exact) mass is 270 g/mol. The van der Waals surface area contributed by atoms with Crippen LogP contribution in [0.1, 0.15) is 52.9 Å². The van der Waals surface area contributed by atoms with Gasteiger partial charge in [-0.15, -0.1) is 0 Å². The van der Waals surface area contributed by atoms with E-state index in [-0.39, 0.29) is 0 Å². The molecule has 0 spiro atoms. The topological polar surface area (TPSA) is 52.6 Å². The number of rotatable bonds is 8. The molecular formula is C15H30N2O2. The number of piperidine rings is 1. The smallest absolute Gasteiger partial charge is 0.303 e. The molecule has 0 radical (unpaired) electrons. The number of likely N-dealkylation sites (tertiary alicyclic amines) is 1. The van der Waals surface area contributed by atoms with Crippen molar-refractivity contribution in [3.63, 3.8) is 0 Å². The van der Waals surface area contributed by atoms with Crippen molar-refractivity contribution >= 4 is 5.97 Å². The Bertz CT molecular complexity index is 271. The summed E-state index contributed by atoms with van der Waals surface area (Å²) in [5, 5.41) is 12.5. The highest BCUT2D eigenvalue weighted by Gasteiger charge is 2.28. The molecule has 112 valence electrons. The summed E-state index contributed by atoms with van der Waals surface area (Å²) in [5.41, 5.74) is 0. The quantitative estimate of drug-likeness (QED) is 0.711. The average molecular weight is 270 g/mol. The second-order valence-corrected chi connectivity index (χ2v) is 5.90. The molecule has 3 atom stereocenters. The van der Waals surface area contributed by atoms with Crippen molar-refractivity contribution in [2.75, 3.05) is 19.6 Å². The maximum absolute atomic E-state index is 10.7. The molecule has 1 rings (SSSR count). The molecule has 19 heavy (non-hydrogen) atoms. The van der Waals surface area contributed by atoms with Gasteiger partial charge < -0.3 is 10.4 Å². The van der Waals surface area contributed by atoms with Crippen molar-refractivity contribution in [2.24, 2.45) is 5.92 Å². The van der Waals surface area contributed by atoms with E-state index in [2.05, 4.69) is 31.0 Å². The van der Waals surface area contributed by atoms with Crippen LogP contribution in [0.15, 0.2) is 0 Å². The zero-order valence-electron chi connectivity index (χ0n) is 12.7. The molecule has 2 N–H and O–H groups in total. The molecule has 1 saturated heterocycles. The number of aliphatic carboxylic acids is 1. The second-order valence-electron chi connectivity index (χ2n) is 5.90. The molecule has 0 saturated carbocycles. The molecule has 0 bridgehead atoms. The van der Waals surface area contributed by atoms with Crippen LogP contribution in [0.3, 0.4) is 0 Å². The Morgan fingerprint density at radius 1 is 1.42 bits per heavy atom. The first kappa shape index (κ1) is 16.4. The van der Waals surface area contributed by atoms with Gasteiger partial charge in [-0.1, -0.05) is 13.8 Å². The summed E-state index contributed by atoms with van der Waals surface area (Å²) in [4.78, 5) is 13.3. The van der Waals surface area contributed by atoms with Crippen LogP contribution in [0.25, 0.3) is 0 Å². The summed E-state index contributed by atoms with van der Waals surface area (Å²) in [6.07, 6.45) is 4.55. The summed E-state index contributed by atoms with van der Waals surface area (Å²) in [7, 11) is 0. The fraction of sp³-hybridized carbons (Fsp3) is 0.933. The average Bonchev–Trinajstić information content (AvgIpc) is 2.41. The Balaban J connectivity index is 2.52. The van der Waals surface area contributed by atoms with Crippen LogP contribution in [0.2, 0.25) is 0 Å². The van der Waals surface area contributed by atoms with Crippen LogP contribution in [0.4, 0.5) is 0 Å². The molecule has 0 amide bonds. The zero-order chi connectivity index (χ0) is 14.3. The van der Waals surface area contributed by atoms with E-state index in [1.165, 1.54) is 0 Å². The third-order valence-electron chi connectivity index (χ3n) is 4.23. The van der Waals surface area contributed by atoms with E-state index >= 15 is 0 Å². The number of nitrogens with zero attached hydrogens (tertiary/aromatic N) is 1. The van der Waals surface area contributed by atoms with Crippen LogP contribution in [-0.4, -0.2) is 47.7 Å². The third-order valence-corrected chi connectivity index (χ3v) is 4.23. The van der Waals surface area contributed by atoms with Gasteiger partial charge in [-0.2, -0.15) is 0 Å². The summed E-state index contributed by atoms with van der Waals surface area (Å²) >= 11 is 0. The Hall–Kier alpha value is -0.610. The molecule has 4 heteroatoms. The molecule has 1 heterocycles. The van der Waals surface area contributed by atoms with E-state index in [9.17, 15) is 4.79 Å². The lowest BCUT2D eigenvalue weighted by molar-refractivity contribution is -0.137. The molecule has 0 aromatic rings. The largest absolute Gasteiger partial charge is 0.481 e. The normalized spacial score (nSPS) is 26.3. The number of nitrogens with one attached hydrogen (secondary N) is 1. The maximum atomic E-state index is 10.7. The van der Waals surface area contributed by atoms with Crippen molar-refractivity contribution in [3.8, 4) is 0 Å². The van der Waals surface area contributed by atoms with Crippen molar-refractivity contribution in [3.05, 3.63) is 0 Å². The van der Waals surface area contributed by atoms with Gasteiger partial charge in [0.05, 0.1) is 0 Å². The minimum absolute atomic E-state index is 0.305. The highest BCUT2D eigenvalue weighted by molar-refractivity contribution is 5.66. The Morgan fingerprint density at radius 3 is 2.74 bits per heavy atom. The molecule has 0 aromatic heterocycles. The van der Waals surface area contributed by atoms with Gasteiger partial charge in [0.15, 0.2) is 0 Å². The van der Waals surface area contributed by atoms with Gasteiger partial charge in [-0.05, 0) is 45.1 Å². The SMILES string of the molecule is CCCNC1CC(CCC(=O)O)CN(C(C)CC)C1. The van der Waals surface area contributed by atoms with Gasteiger partial charge in [0.1, 0.15) is 0 Å². The lowest BCUT2D eigenvalue weighted by Crippen LogP contribution is -2.52. The van der Waals surface area contributed by atoms with Gasteiger partial charge in [0, 0.05) is 31.6 Å². The van der Waals surface area contributed by atoms with Crippen LogP contribution in [0, 0.1) is 5.92 Å². The predicted molar refractivity (Wildman–Crippen MR) is 78.4 cm³/mol. The van der Waals surface area contributed by atoms with E-state index in [1.54, 1.807) is 0 Å². The minimum Gasteiger partial charge on any atom is -0.481 e. The first-order chi connectivity index (χ1) is 9.06. The summed E-state index contributed by atoms with van der Waals surface area (Å²) in [6, 6.07) is 1.13. The van der Waals surface area contributed by atoms with E-state index in [0.717, 1.165) is 45.3 Å². The summed E-state index contributed by atoms with van der Waals surface area (Å²) in [6.45, 7) is 9.91. The molecule has 1 aliphatic heterocycles. The highest BCUT2D eigenvalue weighted by Crippen LogP contribution is 2.23. The van der Waals surface area contributed by atoms with Crippen molar-refractivity contribution in [1.29, 1.82) is 0 Å². The van der Waals surface area contributed by atoms with Gasteiger partial charge >= 0.3 is 5.97 Å². The van der Waals surface area contributed by atoms with Crippen LogP contribution in [0.5, 0.6) is 0 Å². The van der Waals surface area contributed by atoms with Gasteiger partial charge in [-0.3, -0.25) is 9.69 Å². The van der Waals surface area contributed by atoms with E-state index in [1.807, 2.05) is 0 Å². The Kier molecular flexibility index (Phi) is 7.39. The maximum Gasteiger partial charge on any atom is 0.303 e. The number of hydrogen-bond acceptors (Lipinski definition) is 3. The first-order valence-electron chi connectivity index (χ1n) is 7.76. The molecule has 1 aliphatic rings. The van der Waals surface area contributed by atoms with Crippen LogP contribution >= 0.6 is 0 Å². The van der Waals surface area contributed by atoms with Crippen molar-refractivity contribution in [2.45, 2.75) is 65.0 Å². The van der Waals surface area contributed by atoms with Gasteiger partial charge in [-0.25, -0.2) is 0 Å². The third kappa shape index (κ3) is 5.91. The fourth-order valence-electron chi connectivity index (χ4n) is 2.89. The number of hydrogen-bond donors (Lipinski definition) is 2. The summed E-state index contributed by atoms with van der Waals surface area (Å²) in [5.74, 6) is -0.146. The Labute approximate surface area is 117 Å². The van der Waals surface area contributed by atoms with E-state index in [4.69, 9.17) is 5.11 Å². The van der Waals surface area contributed by atoms with E-state index < -0.39 is 5.97 Å². The van der Waals surface area contributed by atoms with Gasteiger partial charge in [0.25, 0.3) is 0 Å². The first-order valence-corrected chi connectivity index (χ1v) is 7.76. The van der Waals surface area contributed by atoms with E-state index in [0.29, 0.717) is 24.4 Å². The van der Waals surface area contributed by atoms with Gasteiger partial charge in [0.2, 0.25) is 0 Å².